The van der Waals surface area contributed by atoms with Crippen molar-refractivity contribution >= 4 is 5.97 Å². The number of H-pyrrole nitrogens is 1. The van der Waals surface area contributed by atoms with Gasteiger partial charge in [-0.3, -0.25) is 9.59 Å². The van der Waals surface area contributed by atoms with Crippen LogP contribution in [0.1, 0.15) is 17.1 Å². The van der Waals surface area contributed by atoms with Gasteiger partial charge in [-0.2, -0.15) is 0 Å². The highest BCUT2D eigenvalue weighted by molar-refractivity contribution is 5.70. The van der Waals surface area contributed by atoms with Crippen molar-refractivity contribution < 1.29 is 19.0 Å². The van der Waals surface area contributed by atoms with E-state index < -0.39 is 11.5 Å². The number of aliphatic carboxylic acids is 1. The molecule has 0 fully saturated rings. The van der Waals surface area contributed by atoms with E-state index in [0.717, 1.165) is 0 Å². The van der Waals surface area contributed by atoms with Gasteiger partial charge in [0.2, 0.25) is 0 Å². The van der Waals surface area contributed by atoms with Crippen LogP contribution in [0, 0.1) is 12.7 Å². The Morgan fingerprint density at radius 3 is 2.62 bits per heavy atom. The van der Waals surface area contributed by atoms with Crippen molar-refractivity contribution in [3.8, 4) is 5.75 Å². The lowest BCUT2D eigenvalue weighted by molar-refractivity contribution is -0.136. The van der Waals surface area contributed by atoms with Crippen LogP contribution < -0.4 is 10.3 Å². The van der Waals surface area contributed by atoms with Gasteiger partial charge in [0.05, 0.1) is 6.42 Å². The molecule has 6 nitrogen and oxygen atoms in total. The quantitative estimate of drug-likeness (QED) is 0.869. The molecule has 0 unspecified atom stereocenters. The van der Waals surface area contributed by atoms with Crippen LogP contribution in [0.4, 0.5) is 4.39 Å². The van der Waals surface area contributed by atoms with Crippen LogP contribution in [-0.2, 0) is 17.8 Å². The van der Waals surface area contributed by atoms with Gasteiger partial charge in [0.1, 0.15) is 24.0 Å². The molecule has 0 spiro atoms. The summed E-state index contributed by atoms with van der Waals surface area (Å²) in [4.78, 5) is 29.0. The second kappa shape index (κ2) is 6.17. The first-order valence-corrected chi connectivity index (χ1v) is 6.14. The third-order valence-electron chi connectivity index (χ3n) is 2.79. The van der Waals surface area contributed by atoms with Crippen molar-refractivity contribution in [3.05, 3.63) is 57.5 Å². The van der Waals surface area contributed by atoms with Crippen molar-refractivity contribution in [2.45, 2.75) is 20.0 Å². The lowest BCUT2D eigenvalue weighted by atomic mass is 10.2. The molecule has 0 aliphatic heterocycles. The van der Waals surface area contributed by atoms with Crippen LogP contribution in [0.3, 0.4) is 0 Å². The summed E-state index contributed by atoms with van der Waals surface area (Å²) in [5, 5.41) is 8.72. The highest BCUT2D eigenvalue weighted by atomic mass is 19.1. The van der Waals surface area contributed by atoms with E-state index in [4.69, 9.17) is 9.84 Å². The van der Waals surface area contributed by atoms with E-state index in [0.29, 0.717) is 11.4 Å². The molecule has 1 aromatic carbocycles. The smallest absolute Gasteiger partial charge is 0.308 e. The normalized spacial score (nSPS) is 10.4. The Kier molecular flexibility index (Phi) is 4.32. The molecule has 1 heterocycles. The first-order valence-electron chi connectivity index (χ1n) is 6.14. The molecule has 7 heteroatoms. The summed E-state index contributed by atoms with van der Waals surface area (Å²) in [6, 6.07) is 5.43. The summed E-state index contributed by atoms with van der Waals surface area (Å²) in [5.74, 6) is -0.759. The van der Waals surface area contributed by atoms with Crippen LogP contribution in [0.5, 0.6) is 5.75 Å². The third-order valence-corrected chi connectivity index (χ3v) is 2.79. The minimum atomic E-state index is -1.10. The van der Waals surface area contributed by atoms with E-state index in [1.165, 1.54) is 24.3 Å². The van der Waals surface area contributed by atoms with E-state index in [1.54, 1.807) is 6.92 Å². The summed E-state index contributed by atoms with van der Waals surface area (Å²) in [6.45, 7) is 1.56. The maximum absolute atomic E-state index is 12.7. The number of benzene rings is 1. The predicted octanol–water partition coefficient (Wildman–Crippen LogP) is 1.42. The Morgan fingerprint density at radius 2 is 2.05 bits per heavy atom. The van der Waals surface area contributed by atoms with Crippen molar-refractivity contribution in [2.24, 2.45) is 0 Å². The largest absolute Gasteiger partial charge is 0.486 e. The predicted molar refractivity (Wildman–Crippen MR) is 71.7 cm³/mol. The number of hydrogen-bond acceptors (Lipinski definition) is 4. The minimum Gasteiger partial charge on any atom is -0.486 e. The summed E-state index contributed by atoms with van der Waals surface area (Å²) >= 11 is 0. The number of carboxylic acids is 1. The van der Waals surface area contributed by atoms with Gasteiger partial charge in [0, 0.05) is 11.3 Å². The van der Waals surface area contributed by atoms with Gasteiger partial charge in [-0.25, -0.2) is 9.37 Å². The molecule has 0 aliphatic carbocycles. The number of aryl methyl sites for hydroxylation is 1. The molecular formula is C14H13FN2O4. The van der Waals surface area contributed by atoms with E-state index in [9.17, 15) is 14.0 Å². The number of carboxylic acid groups (broad SMARTS) is 1. The second-order valence-electron chi connectivity index (χ2n) is 4.39. The van der Waals surface area contributed by atoms with Crippen LogP contribution in [0.15, 0.2) is 29.1 Å². The van der Waals surface area contributed by atoms with Crippen LogP contribution in [0.2, 0.25) is 0 Å². The number of nitrogens with zero attached hydrogens (tertiary/aromatic N) is 1. The summed E-state index contributed by atoms with van der Waals surface area (Å²) in [5.41, 5.74) is -0.0329. The van der Waals surface area contributed by atoms with Gasteiger partial charge in [-0.1, -0.05) is 0 Å². The SMILES string of the molecule is Cc1nc(COc2ccc(F)cc2)[nH]c(=O)c1CC(=O)O. The van der Waals surface area contributed by atoms with Gasteiger partial charge in [-0.05, 0) is 31.2 Å². The summed E-state index contributed by atoms with van der Waals surface area (Å²) < 4.78 is 18.1. The molecular weight excluding hydrogens is 279 g/mol. The highest BCUT2D eigenvalue weighted by Gasteiger charge is 2.12. The molecule has 0 bridgehead atoms. The Hall–Kier alpha value is -2.70. The molecule has 0 amide bonds. The third kappa shape index (κ3) is 3.88. The van der Waals surface area contributed by atoms with E-state index in [1.807, 2.05) is 0 Å². The number of aromatic nitrogens is 2. The molecule has 0 saturated heterocycles. The van der Waals surface area contributed by atoms with Crippen molar-refractivity contribution in [3.63, 3.8) is 0 Å². The Labute approximate surface area is 119 Å². The molecule has 0 saturated carbocycles. The van der Waals surface area contributed by atoms with E-state index in [2.05, 4.69) is 9.97 Å². The monoisotopic (exact) mass is 292 g/mol. The lowest BCUT2D eigenvalue weighted by Crippen LogP contribution is -2.22. The number of hydrogen-bond donors (Lipinski definition) is 2. The van der Waals surface area contributed by atoms with Gasteiger partial charge < -0.3 is 14.8 Å². The zero-order valence-corrected chi connectivity index (χ0v) is 11.2. The second-order valence-corrected chi connectivity index (χ2v) is 4.39. The number of rotatable bonds is 5. The molecule has 0 atom stereocenters. The zero-order valence-electron chi connectivity index (χ0n) is 11.2. The van der Waals surface area contributed by atoms with E-state index in [-0.39, 0.29) is 30.2 Å². The maximum atomic E-state index is 12.7. The highest BCUT2D eigenvalue weighted by Crippen LogP contribution is 2.12. The number of ether oxygens (including phenoxy) is 1. The number of aromatic amines is 1. The Balaban J connectivity index is 2.12. The fraction of sp³-hybridized carbons (Fsp3) is 0.214. The number of nitrogens with one attached hydrogen (secondary N) is 1. The minimum absolute atomic E-state index is 0.00490. The van der Waals surface area contributed by atoms with Gasteiger partial charge in [0.15, 0.2) is 0 Å². The molecule has 2 rings (SSSR count). The molecule has 1 aromatic heterocycles. The van der Waals surface area contributed by atoms with Gasteiger partial charge in [-0.15, -0.1) is 0 Å². The molecule has 0 radical (unpaired) electrons. The lowest BCUT2D eigenvalue weighted by Gasteiger charge is -2.08. The number of halogens is 1. The van der Waals surface area contributed by atoms with Gasteiger partial charge >= 0.3 is 5.97 Å². The zero-order chi connectivity index (χ0) is 15.4. The van der Waals surface area contributed by atoms with Crippen LogP contribution in [-0.4, -0.2) is 21.0 Å². The molecule has 0 aliphatic rings. The average molecular weight is 292 g/mol. The van der Waals surface area contributed by atoms with Gasteiger partial charge in [0.25, 0.3) is 5.56 Å². The fourth-order valence-electron chi connectivity index (χ4n) is 1.78. The molecule has 110 valence electrons. The average Bonchev–Trinajstić information content (AvgIpc) is 2.42. The molecule has 21 heavy (non-hydrogen) atoms. The number of carbonyl (C=O) groups is 1. The van der Waals surface area contributed by atoms with Crippen molar-refractivity contribution in [1.29, 1.82) is 0 Å². The maximum Gasteiger partial charge on any atom is 0.308 e. The summed E-state index contributed by atoms with van der Waals surface area (Å²) in [6.07, 6.45) is -0.382. The first-order chi connectivity index (χ1) is 9.95. The van der Waals surface area contributed by atoms with Crippen LogP contribution >= 0.6 is 0 Å². The topological polar surface area (TPSA) is 92.3 Å². The van der Waals surface area contributed by atoms with Crippen molar-refractivity contribution in [1.82, 2.24) is 9.97 Å². The molecule has 2 aromatic rings. The fourth-order valence-corrected chi connectivity index (χ4v) is 1.78. The molecule has 2 N–H and O–H groups in total. The standard InChI is InChI=1S/C14H13FN2O4/c1-8-11(6-13(18)19)14(20)17-12(16-8)7-21-10-4-2-9(15)3-5-10/h2-5H,6-7H2,1H3,(H,18,19)(H,16,17,20). The Bertz CT molecular complexity index is 710. The summed E-state index contributed by atoms with van der Waals surface area (Å²) in [7, 11) is 0. The first kappa shape index (κ1) is 14.7. The van der Waals surface area contributed by atoms with E-state index >= 15 is 0 Å². The van der Waals surface area contributed by atoms with Crippen molar-refractivity contribution in [2.75, 3.05) is 0 Å². The van der Waals surface area contributed by atoms with Crippen LogP contribution in [0.25, 0.3) is 0 Å². The Morgan fingerprint density at radius 1 is 1.38 bits per heavy atom.